The van der Waals surface area contributed by atoms with E-state index >= 15 is 0 Å². The van der Waals surface area contributed by atoms with Gasteiger partial charge in [-0.15, -0.1) is 0 Å². The number of hydrogen-bond donors (Lipinski definition) is 1. The van der Waals surface area contributed by atoms with Crippen molar-refractivity contribution in [3.63, 3.8) is 0 Å². The molecule has 1 atom stereocenters. The molecule has 0 radical (unpaired) electrons. The molecular weight excluding hydrogens is 336 g/mol. The molecule has 0 spiro atoms. The predicted octanol–water partition coefficient (Wildman–Crippen LogP) is 2.88. The Hall–Kier alpha value is -2.18. The summed E-state index contributed by atoms with van der Waals surface area (Å²) in [6, 6.07) is 15.8. The molecule has 0 heterocycles. The first-order valence-electron chi connectivity index (χ1n) is 8.22. The van der Waals surface area contributed by atoms with Gasteiger partial charge < -0.3 is 5.32 Å². The molecule has 0 aromatic heterocycles. The molecule has 5 nitrogen and oxygen atoms in total. The first-order valence-corrected chi connectivity index (χ1v) is 9.66. The zero-order valence-corrected chi connectivity index (χ0v) is 15.6. The van der Waals surface area contributed by atoms with E-state index in [1.54, 1.807) is 18.2 Å². The normalized spacial score (nSPS) is 12.8. The van der Waals surface area contributed by atoms with E-state index in [2.05, 4.69) is 5.32 Å². The van der Waals surface area contributed by atoms with Gasteiger partial charge in [0, 0.05) is 7.05 Å². The Morgan fingerprint density at radius 2 is 1.68 bits per heavy atom. The molecule has 0 saturated carbocycles. The van der Waals surface area contributed by atoms with E-state index in [9.17, 15) is 13.2 Å². The third-order valence-electron chi connectivity index (χ3n) is 4.12. The number of nitrogens with zero attached hydrogens (tertiary/aromatic N) is 1. The van der Waals surface area contributed by atoms with Crippen molar-refractivity contribution in [1.29, 1.82) is 0 Å². The molecule has 25 heavy (non-hydrogen) atoms. The summed E-state index contributed by atoms with van der Waals surface area (Å²) in [5, 5.41) is 2.93. The van der Waals surface area contributed by atoms with Crippen LogP contribution in [0, 0.1) is 6.92 Å². The molecule has 134 valence electrons. The molecule has 2 aromatic carbocycles. The molecule has 0 aliphatic rings. The summed E-state index contributed by atoms with van der Waals surface area (Å²) >= 11 is 0. The highest BCUT2D eigenvalue weighted by Gasteiger charge is 2.24. The van der Waals surface area contributed by atoms with Crippen molar-refractivity contribution in [2.75, 3.05) is 13.6 Å². The van der Waals surface area contributed by atoms with E-state index in [1.165, 1.54) is 19.2 Å². The highest BCUT2D eigenvalue weighted by atomic mass is 32.2. The molecule has 2 rings (SSSR count). The number of aryl methyl sites for hydroxylation is 1. The minimum atomic E-state index is -3.68. The number of hydrogen-bond acceptors (Lipinski definition) is 3. The molecule has 1 N–H and O–H groups in total. The van der Waals surface area contributed by atoms with Crippen LogP contribution >= 0.6 is 0 Å². The highest BCUT2D eigenvalue weighted by Crippen LogP contribution is 2.20. The molecule has 1 amide bonds. The van der Waals surface area contributed by atoms with E-state index in [0.717, 1.165) is 21.9 Å². The van der Waals surface area contributed by atoms with E-state index < -0.39 is 10.0 Å². The van der Waals surface area contributed by atoms with Crippen LogP contribution in [0.15, 0.2) is 59.5 Å². The standard InChI is InChI=1S/C19H24N2O3S/c1-4-18(17-13-9-8-10-15(17)2)20-19(22)14-21(3)25(23,24)16-11-6-5-7-12-16/h5-13,18H,4,14H2,1-3H3,(H,20,22)/t18-/m0/s1. The lowest BCUT2D eigenvalue weighted by Crippen LogP contribution is -2.39. The molecule has 2 aromatic rings. The first-order chi connectivity index (χ1) is 11.9. The third-order valence-corrected chi connectivity index (χ3v) is 5.94. The zero-order valence-electron chi connectivity index (χ0n) is 14.8. The summed E-state index contributed by atoms with van der Waals surface area (Å²) in [5.74, 6) is -0.322. The minimum Gasteiger partial charge on any atom is -0.348 e. The molecule has 0 saturated heterocycles. The quantitative estimate of drug-likeness (QED) is 0.826. The van der Waals surface area contributed by atoms with Gasteiger partial charge in [0.2, 0.25) is 15.9 Å². The molecular formula is C19H24N2O3S. The number of carbonyl (C=O) groups excluding carboxylic acids is 1. The fraction of sp³-hybridized carbons (Fsp3) is 0.316. The Labute approximate surface area is 149 Å². The largest absolute Gasteiger partial charge is 0.348 e. The average molecular weight is 360 g/mol. The van der Waals surface area contributed by atoms with Crippen LogP contribution in [0.5, 0.6) is 0 Å². The molecule has 0 aliphatic heterocycles. The fourth-order valence-corrected chi connectivity index (χ4v) is 3.83. The number of nitrogens with one attached hydrogen (secondary N) is 1. The number of rotatable bonds is 7. The maximum Gasteiger partial charge on any atom is 0.243 e. The van der Waals surface area contributed by atoms with Crippen molar-refractivity contribution in [2.45, 2.75) is 31.2 Å². The lowest BCUT2D eigenvalue weighted by atomic mass is 9.99. The summed E-state index contributed by atoms with van der Waals surface area (Å²) < 4.78 is 26.1. The van der Waals surface area contributed by atoms with Crippen molar-refractivity contribution in [1.82, 2.24) is 9.62 Å². The maximum absolute atomic E-state index is 12.5. The lowest BCUT2D eigenvalue weighted by molar-refractivity contribution is -0.121. The number of likely N-dealkylation sites (N-methyl/N-ethyl adjacent to an activating group) is 1. The van der Waals surface area contributed by atoms with Crippen molar-refractivity contribution in [2.24, 2.45) is 0 Å². The Morgan fingerprint density at radius 1 is 1.08 bits per heavy atom. The van der Waals surface area contributed by atoms with Crippen LogP contribution in [0.1, 0.15) is 30.5 Å². The van der Waals surface area contributed by atoms with E-state index in [-0.39, 0.29) is 23.4 Å². The van der Waals surface area contributed by atoms with Gasteiger partial charge in [0.1, 0.15) is 0 Å². The van der Waals surface area contributed by atoms with Gasteiger partial charge in [-0.05, 0) is 36.6 Å². The van der Waals surface area contributed by atoms with Gasteiger partial charge in [-0.25, -0.2) is 8.42 Å². The van der Waals surface area contributed by atoms with Crippen LogP contribution < -0.4 is 5.32 Å². The van der Waals surface area contributed by atoms with Gasteiger partial charge in [-0.3, -0.25) is 4.79 Å². The summed E-state index contributed by atoms with van der Waals surface area (Å²) in [4.78, 5) is 12.5. The molecule has 0 fully saturated rings. The van der Waals surface area contributed by atoms with Gasteiger partial charge in [0.25, 0.3) is 0 Å². The smallest absolute Gasteiger partial charge is 0.243 e. The van der Waals surface area contributed by atoms with Crippen molar-refractivity contribution >= 4 is 15.9 Å². The van der Waals surface area contributed by atoms with Crippen LogP contribution in [-0.2, 0) is 14.8 Å². The summed E-state index contributed by atoms with van der Waals surface area (Å²) in [6.45, 7) is 3.76. The highest BCUT2D eigenvalue weighted by molar-refractivity contribution is 7.89. The topological polar surface area (TPSA) is 66.5 Å². The Morgan fingerprint density at radius 3 is 2.28 bits per heavy atom. The molecule has 0 unspecified atom stereocenters. The van der Waals surface area contributed by atoms with Crippen LogP contribution in [-0.4, -0.2) is 32.2 Å². The second-order valence-corrected chi connectivity index (χ2v) is 8.00. The monoisotopic (exact) mass is 360 g/mol. The molecule has 0 bridgehead atoms. The Bertz CT molecular complexity index is 820. The summed E-state index contributed by atoms with van der Waals surface area (Å²) in [7, 11) is -2.26. The van der Waals surface area contributed by atoms with Crippen LogP contribution in [0.2, 0.25) is 0 Å². The predicted molar refractivity (Wildman–Crippen MR) is 98.6 cm³/mol. The SMILES string of the molecule is CC[C@H](NC(=O)CN(C)S(=O)(=O)c1ccccc1)c1ccccc1C. The van der Waals surface area contributed by atoms with Gasteiger partial charge in [-0.2, -0.15) is 4.31 Å². The van der Waals surface area contributed by atoms with Crippen LogP contribution in [0.25, 0.3) is 0 Å². The van der Waals surface area contributed by atoms with E-state index in [0.29, 0.717) is 0 Å². The fourth-order valence-electron chi connectivity index (χ4n) is 2.68. The van der Waals surface area contributed by atoms with Crippen molar-refractivity contribution in [3.05, 3.63) is 65.7 Å². The van der Waals surface area contributed by atoms with E-state index in [1.807, 2.05) is 38.1 Å². The zero-order chi connectivity index (χ0) is 18.4. The van der Waals surface area contributed by atoms with E-state index in [4.69, 9.17) is 0 Å². The Kier molecular flexibility index (Phi) is 6.33. The van der Waals surface area contributed by atoms with Gasteiger partial charge in [0.15, 0.2) is 0 Å². The third kappa shape index (κ3) is 4.67. The summed E-state index contributed by atoms with van der Waals surface area (Å²) in [6.07, 6.45) is 0.728. The van der Waals surface area contributed by atoms with Crippen LogP contribution in [0.3, 0.4) is 0 Å². The van der Waals surface area contributed by atoms with Gasteiger partial charge in [0.05, 0.1) is 17.5 Å². The van der Waals surface area contributed by atoms with Gasteiger partial charge >= 0.3 is 0 Å². The second-order valence-electron chi connectivity index (χ2n) is 5.96. The Balaban J connectivity index is 2.07. The van der Waals surface area contributed by atoms with Crippen molar-refractivity contribution < 1.29 is 13.2 Å². The summed E-state index contributed by atoms with van der Waals surface area (Å²) in [5.41, 5.74) is 2.15. The minimum absolute atomic E-state index is 0.137. The number of benzene rings is 2. The first kappa shape index (κ1) is 19.1. The maximum atomic E-state index is 12.5. The van der Waals surface area contributed by atoms with Crippen LogP contribution in [0.4, 0.5) is 0 Å². The average Bonchev–Trinajstić information content (AvgIpc) is 2.61. The lowest BCUT2D eigenvalue weighted by Gasteiger charge is -2.22. The molecule has 0 aliphatic carbocycles. The second kappa shape index (κ2) is 8.27. The van der Waals surface area contributed by atoms with Crippen molar-refractivity contribution in [3.8, 4) is 0 Å². The number of sulfonamides is 1. The number of carbonyl (C=O) groups is 1. The number of amides is 1. The van der Waals surface area contributed by atoms with Gasteiger partial charge in [-0.1, -0.05) is 49.4 Å². The molecule has 6 heteroatoms.